The summed E-state index contributed by atoms with van der Waals surface area (Å²) in [5.41, 5.74) is 2.44. The molecule has 2 nitrogen and oxygen atoms in total. The van der Waals surface area contributed by atoms with E-state index in [1.54, 1.807) is 0 Å². The van der Waals surface area contributed by atoms with E-state index in [9.17, 15) is 4.79 Å². The largest absolute Gasteiger partial charge is 0.385 e. The van der Waals surface area contributed by atoms with Crippen LogP contribution >= 0.6 is 0 Å². The van der Waals surface area contributed by atoms with Crippen molar-refractivity contribution < 1.29 is 4.79 Å². The topological polar surface area (TPSA) is 29.1 Å². The number of ketones is 1. The first kappa shape index (κ1) is 13.4. The zero-order valence-electron chi connectivity index (χ0n) is 12.0. The number of rotatable bonds is 3. The van der Waals surface area contributed by atoms with E-state index in [4.69, 9.17) is 0 Å². The fraction of sp³-hybridized carbons (Fsp3) is 0.500. The summed E-state index contributed by atoms with van der Waals surface area (Å²) in [5, 5.41) is 3.63. The fourth-order valence-corrected chi connectivity index (χ4v) is 3.46. The van der Waals surface area contributed by atoms with Crippen molar-refractivity contribution in [2.24, 2.45) is 0 Å². The number of hydrogen-bond acceptors (Lipinski definition) is 2. The lowest BCUT2D eigenvalue weighted by molar-refractivity contribution is -0.115. The van der Waals surface area contributed by atoms with Gasteiger partial charge in [0.05, 0.1) is 0 Å². The van der Waals surface area contributed by atoms with Gasteiger partial charge >= 0.3 is 0 Å². The molecule has 1 fully saturated rings. The molecular weight excluding hydrogens is 246 g/mol. The third-order valence-electron chi connectivity index (χ3n) is 4.51. The van der Waals surface area contributed by atoms with E-state index in [1.807, 2.05) is 12.1 Å². The highest BCUT2D eigenvalue weighted by atomic mass is 16.1. The maximum absolute atomic E-state index is 12.0. The Bertz CT molecular complexity index is 485. The highest BCUT2D eigenvalue weighted by Crippen LogP contribution is 2.31. The van der Waals surface area contributed by atoms with Gasteiger partial charge in [-0.2, -0.15) is 0 Å². The van der Waals surface area contributed by atoms with Crippen LogP contribution in [0.5, 0.6) is 0 Å². The van der Waals surface area contributed by atoms with E-state index in [1.165, 1.54) is 37.7 Å². The van der Waals surface area contributed by atoms with Gasteiger partial charge in [-0.3, -0.25) is 4.79 Å². The Hall–Kier alpha value is -1.57. The van der Waals surface area contributed by atoms with E-state index in [2.05, 4.69) is 29.6 Å². The number of carbonyl (C=O) groups is 1. The van der Waals surface area contributed by atoms with E-state index in [0.717, 1.165) is 12.1 Å². The molecule has 0 aromatic heterocycles. The molecule has 1 aromatic rings. The van der Waals surface area contributed by atoms with Crippen LogP contribution in [0.25, 0.3) is 0 Å². The van der Waals surface area contributed by atoms with Crippen molar-refractivity contribution >= 4 is 5.78 Å². The molecule has 106 valence electrons. The van der Waals surface area contributed by atoms with Gasteiger partial charge in [-0.25, -0.2) is 0 Å². The Morgan fingerprint density at radius 2 is 1.70 bits per heavy atom. The molecule has 0 saturated heterocycles. The van der Waals surface area contributed by atoms with Crippen LogP contribution in [0.15, 0.2) is 42.1 Å². The maximum atomic E-state index is 12.0. The molecule has 2 heteroatoms. The van der Waals surface area contributed by atoms with E-state index in [-0.39, 0.29) is 5.78 Å². The lowest BCUT2D eigenvalue weighted by Gasteiger charge is -2.29. The van der Waals surface area contributed by atoms with E-state index >= 15 is 0 Å². The maximum Gasteiger partial charge on any atom is 0.158 e. The summed E-state index contributed by atoms with van der Waals surface area (Å²) in [7, 11) is 0. The summed E-state index contributed by atoms with van der Waals surface area (Å²) >= 11 is 0. The van der Waals surface area contributed by atoms with Gasteiger partial charge < -0.3 is 5.32 Å². The van der Waals surface area contributed by atoms with Crippen LogP contribution in [-0.4, -0.2) is 11.8 Å². The molecule has 3 rings (SSSR count). The number of nitrogens with one attached hydrogen (secondary N) is 1. The third kappa shape index (κ3) is 3.30. The first-order chi connectivity index (χ1) is 9.81. The van der Waals surface area contributed by atoms with Crippen LogP contribution < -0.4 is 5.32 Å². The van der Waals surface area contributed by atoms with Gasteiger partial charge in [-0.1, -0.05) is 49.6 Å². The fourth-order valence-electron chi connectivity index (χ4n) is 3.46. The molecule has 0 amide bonds. The van der Waals surface area contributed by atoms with Crippen LogP contribution in [-0.2, 0) is 4.79 Å². The summed E-state index contributed by atoms with van der Waals surface area (Å²) in [6.07, 6.45) is 9.98. The molecule has 0 spiro atoms. The summed E-state index contributed by atoms with van der Waals surface area (Å²) in [5.74, 6) is 0.614. The molecule has 2 aliphatic rings. The van der Waals surface area contributed by atoms with Gasteiger partial charge in [0.15, 0.2) is 5.78 Å². The molecule has 20 heavy (non-hydrogen) atoms. The third-order valence-corrected chi connectivity index (χ3v) is 4.51. The summed E-state index contributed by atoms with van der Waals surface area (Å²) in [6.45, 7) is 0. The second-order valence-electron chi connectivity index (χ2n) is 6.13. The lowest BCUT2D eigenvalue weighted by Crippen LogP contribution is -2.32. The number of allylic oxidation sites excluding steroid dienone is 2. The highest BCUT2D eigenvalue weighted by Gasteiger charge is 2.23. The molecule has 2 aliphatic carbocycles. The minimum absolute atomic E-state index is 0.267. The lowest BCUT2D eigenvalue weighted by atomic mass is 9.85. The van der Waals surface area contributed by atoms with Crippen molar-refractivity contribution in [3.63, 3.8) is 0 Å². The Labute approximate surface area is 121 Å². The number of benzene rings is 1. The summed E-state index contributed by atoms with van der Waals surface area (Å²) in [6, 6.07) is 11.0. The Morgan fingerprint density at radius 1 is 0.950 bits per heavy atom. The van der Waals surface area contributed by atoms with Gasteiger partial charge in [0.2, 0.25) is 0 Å². The van der Waals surface area contributed by atoms with Crippen LogP contribution in [0.4, 0.5) is 0 Å². The van der Waals surface area contributed by atoms with Crippen LogP contribution in [0.2, 0.25) is 0 Å². The highest BCUT2D eigenvalue weighted by molar-refractivity contribution is 5.92. The number of carbonyl (C=O) groups excluding carboxylic acids is 1. The zero-order chi connectivity index (χ0) is 13.8. The molecular formula is C18H23NO. The van der Waals surface area contributed by atoms with Gasteiger partial charge in [0, 0.05) is 24.2 Å². The van der Waals surface area contributed by atoms with Crippen molar-refractivity contribution in [2.75, 3.05) is 0 Å². The number of hydrogen-bond donors (Lipinski definition) is 1. The average molecular weight is 269 g/mol. The predicted molar refractivity (Wildman–Crippen MR) is 81.5 cm³/mol. The molecule has 1 saturated carbocycles. The monoisotopic (exact) mass is 269 g/mol. The minimum Gasteiger partial charge on any atom is -0.385 e. The van der Waals surface area contributed by atoms with Crippen LogP contribution in [0.1, 0.15) is 56.4 Å². The average Bonchev–Trinajstić information content (AvgIpc) is 2.49. The minimum atomic E-state index is 0.267. The predicted octanol–water partition coefficient (Wildman–Crippen LogP) is 3.94. The second-order valence-corrected chi connectivity index (χ2v) is 6.13. The normalized spacial score (nSPS) is 24.3. The van der Waals surface area contributed by atoms with Crippen molar-refractivity contribution in [3.8, 4) is 0 Å². The van der Waals surface area contributed by atoms with E-state index < -0.39 is 0 Å². The van der Waals surface area contributed by atoms with Crippen LogP contribution in [0.3, 0.4) is 0 Å². The molecule has 0 unspecified atom stereocenters. The van der Waals surface area contributed by atoms with Gasteiger partial charge in [0.1, 0.15) is 0 Å². The van der Waals surface area contributed by atoms with Gasteiger partial charge in [0.25, 0.3) is 0 Å². The molecule has 1 aromatic carbocycles. The van der Waals surface area contributed by atoms with E-state index in [0.29, 0.717) is 18.4 Å². The smallest absolute Gasteiger partial charge is 0.158 e. The Kier molecular flexibility index (Phi) is 4.19. The standard InChI is InChI=1S/C18H23NO/c20-18-12-15(14-7-3-1-4-8-14)11-17(13-18)19-16-9-5-2-6-10-16/h1,3-4,7-8,13,15-16,19H,2,5-6,9-12H2/t15-/m1/s1. The van der Waals surface area contributed by atoms with Gasteiger partial charge in [-0.05, 0) is 30.7 Å². The molecule has 1 N–H and O–H groups in total. The summed E-state index contributed by atoms with van der Waals surface area (Å²) in [4.78, 5) is 12.0. The first-order valence-electron chi connectivity index (χ1n) is 7.86. The van der Waals surface area contributed by atoms with Crippen molar-refractivity contribution in [1.29, 1.82) is 0 Å². The SMILES string of the molecule is O=C1C=C(NC2CCCCC2)C[C@@H](c2ccccc2)C1. The van der Waals surface area contributed by atoms with Crippen molar-refractivity contribution in [3.05, 3.63) is 47.7 Å². The molecule has 0 bridgehead atoms. The Balaban J connectivity index is 1.67. The molecule has 1 atom stereocenters. The van der Waals surface area contributed by atoms with Crippen LogP contribution in [0, 0.1) is 0 Å². The van der Waals surface area contributed by atoms with Gasteiger partial charge in [-0.15, -0.1) is 0 Å². The van der Waals surface area contributed by atoms with Crippen molar-refractivity contribution in [1.82, 2.24) is 5.32 Å². The Morgan fingerprint density at radius 3 is 2.45 bits per heavy atom. The molecule has 0 aliphatic heterocycles. The first-order valence-corrected chi connectivity index (χ1v) is 7.86. The second kappa shape index (κ2) is 6.25. The summed E-state index contributed by atoms with van der Waals surface area (Å²) < 4.78 is 0. The molecule has 0 radical (unpaired) electrons. The zero-order valence-corrected chi connectivity index (χ0v) is 12.0. The quantitative estimate of drug-likeness (QED) is 0.900. The van der Waals surface area contributed by atoms with Crippen molar-refractivity contribution in [2.45, 2.75) is 56.9 Å². The molecule has 0 heterocycles.